The highest BCUT2D eigenvalue weighted by Gasteiger charge is 2.20. The first kappa shape index (κ1) is 28.6. The molecule has 204 valence electrons. The standard InChI is InChI=1S/C29H38N4O5/c1-5-32(11-13-34)21-7-9-24(19(3)15-21)30-28-23(18-36)29(27(38)17-26(28)37)31-25-10-8-22(16-20(25)4)33(6-2)12-14-35/h7-10,15-18,30-31,34-35,37-38H,5-6,11-14H2,1-4H3. The van der Waals surface area contributed by atoms with E-state index in [0.29, 0.717) is 30.8 Å². The number of likely N-dealkylation sites (N-methyl/N-ethyl adjacent to an activating group) is 2. The first-order chi connectivity index (χ1) is 18.3. The summed E-state index contributed by atoms with van der Waals surface area (Å²) < 4.78 is 0. The molecule has 3 aromatic carbocycles. The number of hydrogen-bond donors (Lipinski definition) is 6. The summed E-state index contributed by atoms with van der Waals surface area (Å²) >= 11 is 0. The molecule has 0 saturated carbocycles. The number of rotatable bonds is 13. The second kappa shape index (κ2) is 13.0. The number of hydrogen-bond acceptors (Lipinski definition) is 9. The summed E-state index contributed by atoms with van der Waals surface area (Å²) in [6.07, 6.45) is 0.595. The van der Waals surface area contributed by atoms with Crippen LogP contribution in [0.1, 0.15) is 35.3 Å². The van der Waals surface area contributed by atoms with Crippen LogP contribution in [0, 0.1) is 13.8 Å². The predicted octanol–water partition coefficient (Wildman–Crippen LogP) is 4.65. The second-order valence-electron chi connectivity index (χ2n) is 9.05. The number of nitrogens with zero attached hydrogens (tertiary/aromatic N) is 2. The van der Waals surface area contributed by atoms with Crippen LogP contribution in [-0.2, 0) is 0 Å². The minimum absolute atomic E-state index is 0.0501. The number of aliphatic hydroxyl groups excluding tert-OH is 2. The number of carbonyl (C=O) groups excluding carboxylic acids is 1. The van der Waals surface area contributed by atoms with Crippen molar-refractivity contribution in [3.05, 3.63) is 59.2 Å². The fraction of sp³-hybridized carbons (Fsp3) is 0.345. The number of aryl methyl sites for hydroxylation is 2. The molecule has 3 rings (SSSR count). The van der Waals surface area contributed by atoms with Crippen molar-refractivity contribution in [1.82, 2.24) is 0 Å². The smallest absolute Gasteiger partial charge is 0.154 e. The van der Waals surface area contributed by atoms with Crippen LogP contribution >= 0.6 is 0 Å². The fourth-order valence-electron chi connectivity index (χ4n) is 4.48. The SMILES string of the molecule is CCN(CCO)c1ccc(Nc2c(O)cc(O)c(Nc3ccc(N(CC)CCO)cc3C)c2C=O)c(C)c1. The maximum Gasteiger partial charge on any atom is 0.154 e. The Morgan fingerprint density at radius 3 is 1.47 bits per heavy atom. The molecule has 0 aliphatic rings. The third-order valence-electron chi connectivity index (χ3n) is 6.62. The van der Waals surface area contributed by atoms with Gasteiger partial charge in [0.2, 0.25) is 0 Å². The molecule has 0 aliphatic heterocycles. The van der Waals surface area contributed by atoms with Gasteiger partial charge in [-0.15, -0.1) is 0 Å². The van der Waals surface area contributed by atoms with Crippen LogP contribution in [-0.4, -0.2) is 66.1 Å². The van der Waals surface area contributed by atoms with Crippen LogP contribution in [0.5, 0.6) is 11.5 Å². The summed E-state index contributed by atoms with van der Waals surface area (Å²) in [7, 11) is 0. The largest absolute Gasteiger partial charge is 0.506 e. The summed E-state index contributed by atoms with van der Waals surface area (Å²) in [5.74, 6) is -0.521. The molecule has 3 aromatic rings. The van der Waals surface area contributed by atoms with Crippen molar-refractivity contribution in [3.63, 3.8) is 0 Å². The van der Waals surface area contributed by atoms with Crippen molar-refractivity contribution in [2.24, 2.45) is 0 Å². The van der Waals surface area contributed by atoms with Crippen LogP contribution in [0.3, 0.4) is 0 Å². The normalized spacial score (nSPS) is 10.8. The molecule has 38 heavy (non-hydrogen) atoms. The Morgan fingerprint density at radius 2 is 1.16 bits per heavy atom. The third-order valence-corrected chi connectivity index (χ3v) is 6.62. The third kappa shape index (κ3) is 6.30. The zero-order valence-corrected chi connectivity index (χ0v) is 22.5. The van der Waals surface area contributed by atoms with E-state index in [4.69, 9.17) is 0 Å². The van der Waals surface area contributed by atoms with Gasteiger partial charge in [0.25, 0.3) is 0 Å². The highest BCUT2D eigenvalue weighted by molar-refractivity contribution is 5.99. The summed E-state index contributed by atoms with van der Waals surface area (Å²) in [6, 6.07) is 12.7. The predicted molar refractivity (Wildman–Crippen MR) is 154 cm³/mol. The van der Waals surface area contributed by atoms with Gasteiger partial charge in [-0.25, -0.2) is 0 Å². The van der Waals surface area contributed by atoms with E-state index in [-0.39, 0.29) is 41.7 Å². The number of nitrogens with one attached hydrogen (secondary N) is 2. The van der Waals surface area contributed by atoms with Crippen LogP contribution in [0.15, 0.2) is 42.5 Å². The van der Waals surface area contributed by atoms with Crippen molar-refractivity contribution >= 4 is 40.4 Å². The lowest BCUT2D eigenvalue weighted by molar-refractivity contribution is 0.112. The van der Waals surface area contributed by atoms with Crippen LogP contribution in [0.2, 0.25) is 0 Å². The Morgan fingerprint density at radius 1 is 0.737 bits per heavy atom. The topological polar surface area (TPSA) is 129 Å². The van der Waals surface area contributed by atoms with Gasteiger partial charge in [-0.05, 0) is 75.2 Å². The second-order valence-corrected chi connectivity index (χ2v) is 9.05. The van der Waals surface area contributed by atoms with E-state index in [2.05, 4.69) is 10.6 Å². The van der Waals surface area contributed by atoms with Gasteiger partial charge in [0.15, 0.2) is 6.29 Å². The molecule has 0 amide bonds. The Balaban J connectivity index is 1.96. The molecule has 0 aromatic heterocycles. The Kier molecular flexibility index (Phi) is 9.81. The number of phenolic OH excluding ortho intramolecular Hbond substituents is 2. The molecular weight excluding hydrogens is 484 g/mol. The molecule has 6 N–H and O–H groups in total. The number of carbonyl (C=O) groups is 1. The molecule has 0 fully saturated rings. The van der Waals surface area contributed by atoms with E-state index < -0.39 is 0 Å². The molecule has 0 atom stereocenters. The van der Waals surface area contributed by atoms with Crippen molar-refractivity contribution < 1.29 is 25.2 Å². The zero-order chi connectivity index (χ0) is 27.8. The Labute approximate surface area is 224 Å². The van der Waals surface area contributed by atoms with Gasteiger partial charge in [0.1, 0.15) is 11.5 Å². The molecule has 0 unspecified atom stereocenters. The molecule has 0 bridgehead atoms. The molecule has 0 spiro atoms. The van der Waals surface area contributed by atoms with Gasteiger partial charge in [-0.1, -0.05) is 0 Å². The van der Waals surface area contributed by atoms with Gasteiger partial charge >= 0.3 is 0 Å². The maximum absolute atomic E-state index is 12.2. The van der Waals surface area contributed by atoms with E-state index in [1.807, 2.05) is 73.9 Å². The molecular formula is C29H38N4O5. The monoisotopic (exact) mass is 522 g/mol. The molecule has 0 saturated heterocycles. The maximum atomic E-state index is 12.2. The lowest BCUT2D eigenvalue weighted by Crippen LogP contribution is -2.26. The van der Waals surface area contributed by atoms with Crippen LogP contribution in [0.25, 0.3) is 0 Å². The quantitative estimate of drug-likeness (QED) is 0.108. The summed E-state index contributed by atoms with van der Waals surface area (Å²) in [5, 5.41) is 46.3. The molecule has 0 radical (unpaired) electrons. The highest BCUT2D eigenvalue weighted by Crippen LogP contribution is 2.43. The number of phenols is 2. The number of aliphatic hydroxyl groups is 2. The van der Waals surface area contributed by atoms with Crippen LogP contribution < -0.4 is 20.4 Å². The average molecular weight is 523 g/mol. The van der Waals surface area contributed by atoms with Gasteiger partial charge in [-0.3, -0.25) is 4.79 Å². The van der Waals surface area contributed by atoms with Crippen molar-refractivity contribution in [2.45, 2.75) is 27.7 Å². The number of benzene rings is 3. The number of aldehydes is 1. The van der Waals surface area contributed by atoms with Gasteiger partial charge in [-0.2, -0.15) is 0 Å². The number of aromatic hydroxyl groups is 2. The number of anilines is 6. The Bertz CT molecular complexity index is 1170. The van der Waals surface area contributed by atoms with E-state index in [9.17, 15) is 25.2 Å². The van der Waals surface area contributed by atoms with Gasteiger partial charge < -0.3 is 40.9 Å². The summed E-state index contributed by atoms with van der Waals surface area (Å²) in [6.45, 7) is 10.5. The summed E-state index contributed by atoms with van der Waals surface area (Å²) in [4.78, 5) is 16.3. The van der Waals surface area contributed by atoms with E-state index in [1.54, 1.807) is 0 Å². The van der Waals surface area contributed by atoms with Gasteiger partial charge in [0.05, 0.1) is 30.2 Å². The minimum atomic E-state index is -0.260. The van der Waals surface area contributed by atoms with E-state index >= 15 is 0 Å². The van der Waals surface area contributed by atoms with Crippen molar-refractivity contribution in [3.8, 4) is 11.5 Å². The highest BCUT2D eigenvalue weighted by atomic mass is 16.3. The molecule has 0 heterocycles. The molecule has 9 heteroatoms. The van der Waals surface area contributed by atoms with Crippen molar-refractivity contribution in [1.29, 1.82) is 0 Å². The first-order valence-electron chi connectivity index (χ1n) is 12.8. The molecule has 0 aliphatic carbocycles. The first-order valence-corrected chi connectivity index (χ1v) is 12.8. The van der Waals surface area contributed by atoms with E-state index in [0.717, 1.165) is 35.6 Å². The lowest BCUT2D eigenvalue weighted by atomic mass is 10.1. The van der Waals surface area contributed by atoms with E-state index in [1.165, 1.54) is 6.07 Å². The fourth-order valence-corrected chi connectivity index (χ4v) is 4.48. The van der Waals surface area contributed by atoms with Gasteiger partial charge in [0, 0.05) is 55.0 Å². The summed E-state index contributed by atoms with van der Waals surface area (Å²) in [5.41, 5.74) is 5.48. The van der Waals surface area contributed by atoms with Crippen LogP contribution in [0.4, 0.5) is 34.1 Å². The lowest BCUT2D eigenvalue weighted by Gasteiger charge is -2.24. The van der Waals surface area contributed by atoms with Crippen molar-refractivity contribution in [2.75, 3.05) is 59.8 Å². The Hall–Kier alpha value is -3.95. The zero-order valence-electron chi connectivity index (χ0n) is 22.5. The molecule has 9 nitrogen and oxygen atoms in total. The average Bonchev–Trinajstić information content (AvgIpc) is 2.90. The minimum Gasteiger partial charge on any atom is -0.506 e.